The lowest BCUT2D eigenvalue weighted by Gasteiger charge is -2.39. The third kappa shape index (κ3) is 5.06. The van der Waals surface area contributed by atoms with Crippen LogP contribution in [-0.4, -0.2) is 39.7 Å². The third-order valence-electron chi connectivity index (χ3n) is 3.47. The molecular formula is C13H25N3O3. The Kier molecular flexibility index (Phi) is 5.17. The van der Waals surface area contributed by atoms with Crippen LogP contribution >= 0.6 is 0 Å². The predicted molar refractivity (Wildman–Crippen MR) is 72.6 cm³/mol. The number of rotatable bonds is 4. The number of carbonyl (C=O) groups is 2. The number of carboxylic acid groups (broad SMARTS) is 1. The number of piperidine rings is 1. The van der Waals surface area contributed by atoms with Crippen molar-refractivity contribution < 1.29 is 14.7 Å². The quantitative estimate of drug-likeness (QED) is 0.727. The van der Waals surface area contributed by atoms with Gasteiger partial charge in [0.05, 0.1) is 6.42 Å². The lowest BCUT2D eigenvalue weighted by molar-refractivity contribution is -0.138. The minimum absolute atomic E-state index is 0.106. The summed E-state index contributed by atoms with van der Waals surface area (Å²) in [6.45, 7) is 7.56. The summed E-state index contributed by atoms with van der Waals surface area (Å²) in [5.41, 5.74) is 2.07. The fourth-order valence-corrected chi connectivity index (χ4v) is 2.52. The van der Waals surface area contributed by atoms with E-state index in [0.717, 1.165) is 12.8 Å². The maximum atomic E-state index is 11.9. The molecule has 110 valence electrons. The van der Waals surface area contributed by atoms with Crippen molar-refractivity contribution in [3.63, 3.8) is 0 Å². The van der Waals surface area contributed by atoms with Crippen molar-refractivity contribution >= 4 is 12.0 Å². The van der Waals surface area contributed by atoms with Crippen molar-refractivity contribution in [3.05, 3.63) is 0 Å². The summed E-state index contributed by atoms with van der Waals surface area (Å²) in [7, 11) is 0. The van der Waals surface area contributed by atoms with Gasteiger partial charge in [0.15, 0.2) is 0 Å². The van der Waals surface area contributed by atoms with Crippen LogP contribution in [0.5, 0.6) is 0 Å². The van der Waals surface area contributed by atoms with Crippen molar-refractivity contribution in [1.29, 1.82) is 0 Å². The van der Waals surface area contributed by atoms with Gasteiger partial charge in [0.25, 0.3) is 0 Å². The number of urea groups is 1. The first-order valence-corrected chi connectivity index (χ1v) is 6.80. The average molecular weight is 271 g/mol. The van der Waals surface area contributed by atoms with E-state index in [0.29, 0.717) is 12.1 Å². The van der Waals surface area contributed by atoms with Crippen LogP contribution < -0.4 is 10.7 Å². The summed E-state index contributed by atoms with van der Waals surface area (Å²) in [6, 6.07) is 0.265. The number of hydrogen-bond acceptors (Lipinski definition) is 3. The second kappa shape index (κ2) is 6.23. The molecule has 6 heteroatoms. The van der Waals surface area contributed by atoms with E-state index < -0.39 is 11.5 Å². The van der Waals surface area contributed by atoms with Crippen LogP contribution in [0.15, 0.2) is 0 Å². The topological polar surface area (TPSA) is 81.7 Å². The minimum Gasteiger partial charge on any atom is -0.481 e. The van der Waals surface area contributed by atoms with Crippen LogP contribution in [0.1, 0.15) is 53.4 Å². The number of hydrazine groups is 1. The zero-order valence-corrected chi connectivity index (χ0v) is 12.2. The van der Waals surface area contributed by atoms with Crippen molar-refractivity contribution in [2.75, 3.05) is 0 Å². The number of carboxylic acids is 1. The largest absolute Gasteiger partial charge is 0.481 e. The van der Waals surface area contributed by atoms with Crippen LogP contribution in [-0.2, 0) is 4.79 Å². The molecule has 2 atom stereocenters. The van der Waals surface area contributed by atoms with Gasteiger partial charge >= 0.3 is 12.0 Å². The first-order chi connectivity index (χ1) is 8.71. The zero-order chi connectivity index (χ0) is 14.6. The van der Waals surface area contributed by atoms with Crippen LogP contribution in [0.2, 0.25) is 0 Å². The molecule has 2 unspecified atom stereocenters. The summed E-state index contributed by atoms with van der Waals surface area (Å²) in [4.78, 5) is 22.7. The molecule has 2 amide bonds. The Labute approximate surface area is 114 Å². The molecule has 0 aliphatic carbocycles. The molecule has 0 radical (unpaired) electrons. The molecule has 1 heterocycles. The molecule has 0 saturated carbocycles. The molecule has 6 nitrogen and oxygen atoms in total. The molecule has 19 heavy (non-hydrogen) atoms. The number of nitrogens with zero attached hydrogens (tertiary/aromatic N) is 1. The van der Waals surface area contributed by atoms with E-state index in [1.807, 2.05) is 5.01 Å². The van der Waals surface area contributed by atoms with E-state index in [1.54, 1.807) is 13.8 Å². The molecule has 1 rings (SSSR count). The molecule has 1 aliphatic rings. The summed E-state index contributed by atoms with van der Waals surface area (Å²) in [5, 5.41) is 13.4. The highest BCUT2D eigenvalue weighted by Crippen LogP contribution is 2.20. The van der Waals surface area contributed by atoms with Gasteiger partial charge in [0.1, 0.15) is 0 Å². The van der Waals surface area contributed by atoms with Crippen molar-refractivity contribution in [3.8, 4) is 0 Å². The second-order valence-electron chi connectivity index (χ2n) is 6.06. The smallest absolute Gasteiger partial charge is 0.329 e. The standard InChI is InChI=1S/C13H25N3O3/c1-9-6-5-7-10(2)16(9)15-12(19)14-13(3,4)8-11(17)18/h9-10H,5-8H2,1-4H3,(H,17,18)(H2,14,15,19). The minimum atomic E-state index is -0.926. The number of nitrogens with one attached hydrogen (secondary N) is 2. The van der Waals surface area contributed by atoms with Crippen LogP contribution in [0.25, 0.3) is 0 Å². The third-order valence-corrected chi connectivity index (χ3v) is 3.47. The highest BCUT2D eigenvalue weighted by atomic mass is 16.4. The number of hydrogen-bond donors (Lipinski definition) is 3. The Morgan fingerprint density at radius 2 is 1.79 bits per heavy atom. The Balaban J connectivity index is 2.52. The molecule has 0 spiro atoms. The van der Waals surface area contributed by atoms with Gasteiger partial charge in [-0.2, -0.15) is 0 Å². The van der Waals surface area contributed by atoms with Crippen molar-refractivity contribution in [1.82, 2.24) is 15.8 Å². The predicted octanol–water partition coefficient (Wildman–Crippen LogP) is 1.72. The van der Waals surface area contributed by atoms with Gasteiger partial charge in [0, 0.05) is 17.6 Å². The summed E-state index contributed by atoms with van der Waals surface area (Å²) in [6.07, 6.45) is 3.18. The first kappa shape index (κ1) is 15.8. The Morgan fingerprint density at radius 1 is 1.26 bits per heavy atom. The molecule has 0 aromatic carbocycles. The van der Waals surface area contributed by atoms with Gasteiger partial charge in [0.2, 0.25) is 0 Å². The molecule has 0 bridgehead atoms. The number of aliphatic carboxylic acids is 1. The van der Waals surface area contributed by atoms with Gasteiger partial charge < -0.3 is 10.4 Å². The zero-order valence-electron chi connectivity index (χ0n) is 12.2. The number of amides is 2. The maximum Gasteiger partial charge on any atom is 0.329 e. The summed E-state index contributed by atoms with van der Waals surface area (Å²) < 4.78 is 0. The van der Waals surface area contributed by atoms with E-state index in [2.05, 4.69) is 24.6 Å². The number of carbonyl (C=O) groups excluding carboxylic acids is 1. The molecule has 1 fully saturated rings. The van der Waals surface area contributed by atoms with E-state index in [4.69, 9.17) is 5.11 Å². The van der Waals surface area contributed by atoms with Crippen molar-refractivity contribution in [2.45, 2.75) is 71.0 Å². The Hall–Kier alpha value is -1.30. The molecular weight excluding hydrogens is 246 g/mol. The molecule has 1 aliphatic heterocycles. The normalized spacial score (nSPS) is 24.8. The molecule has 1 saturated heterocycles. The second-order valence-corrected chi connectivity index (χ2v) is 6.06. The van der Waals surface area contributed by atoms with Crippen LogP contribution in [0.4, 0.5) is 4.79 Å². The fourth-order valence-electron chi connectivity index (χ4n) is 2.52. The first-order valence-electron chi connectivity index (χ1n) is 6.80. The van der Waals surface area contributed by atoms with Crippen LogP contribution in [0.3, 0.4) is 0 Å². The molecule has 3 N–H and O–H groups in total. The van der Waals surface area contributed by atoms with Gasteiger partial charge in [-0.15, -0.1) is 0 Å². The van der Waals surface area contributed by atoms with Gasteiger partial charge in [-0.05, 0) is 40.5 Å². The lowest BCUT2D eigenvalue weighted by Crippen LogP contribution is -2.59. The van der Waals surface area contributed by atoms with Gasteiger partial charge in [-0.25, -0.2) is 9.80 Å². The highest BCUT2D eigenvalue weighted by Gasteiger charge is 2.29. The van der Waals surface area contributed by atoms with Crippen LogP contribution in [0, 0.1) is 0 Å². The maximum absolute atomic E-state index is 11.9. The van der Waals surface area contributed by atoms with Gasteiger partial charge in [-0.3, -0.25) is 10.2 Å². The average Bonchev–Trinajstić information content (AvgIpc) is 2.20. The summed E-state index contributed by atoms with van der Waals surface area (Å²) >= 11 is 0. The van der Waals surface area contributed by atoms with Gasteiger partial charge in [-0.1, -0.05) is 6.42 Å². The van der Waals surface area contributed by atoms with E-state index >= 15 is 0 Å². The van der Waals surface area contributed by atoms with E-state index in [1.165, 1.54) is 6.42 Å². The lowest BCUT2D eigenvalue weighted by atomic mass is 10.00. The Bertz CT molecular complexity index is 334. The molecule has 0 aromatic rings. The molecule has 0 aromatic heterocycles. The monoisotopic (exact) mass is 271 g/mol. The highest BCUT2D eigenvalue weighted by molar-refractivity contribution is 5.76. The van der Waals surface area contributed by atoms with E-state index in [-0.39, 0.29) is 12.5 Å². The SMILES string of the molecule is CC1CCCC(C)N1NC(=O)NC(C)(C)CC(=O)O. The fraction of sp³-hybridized carbons (Fsp3) is 0.846. The van der Waals surface area contributed by atoms with E-state index in [9.17, 15) is 9.59 Å². The van der Waals surface area contributed by atoms with Crippen molar-refractivity contribution in [2.24, 2.45) is 0 Å². The Morgan fingerprint density at radius 3 is 2.26 bits per heavy atom. The summed E-state index contributed by atoms with van der Waals surface area (Å²) in [5.74, 6) is -0.926.